The van der Waals surface area contributed by atoms with Crippen LogP contribution in [-0.2, 0) is 4.79 Å². The third kappa shape index (κ3) is 4.69. The maximum Gasteiger partial charge on any atom is 0.226 e. The number of carbonyl (C=O) groups excluding carboxylic acids is 1. The fourth-order valence-corrected chi connectivity index (χ4v) is 2.64. The van der Waals surface area contributed by atoms with Crippen LogP contribution in [0.5, 0.6) is 11.5 Å². The van der Waals surface area contributed by atoms with Gasteiger partial charge >= 0.3 is 0 Å². The van der Waals surface area contributed by atoms with E-state index in [1.54, 1.807) is 50.6 Å². The Hall–Kier alpha value is -2.11. The molecular formula is C17H18Cl2N2O3. The van der Waals surface area contributed by atoms with Crippen molar-refractivity contribution in [1.29, 1.82) is 0 Å². The number of carbonyl (C=O) groups is 1. The van der Waals surface area contributed by atoms with Crippen molar-refractivity contribution in [1.82, 2.24) is 0 Å². The number of methoxy groups -OCH3 is 2. The van der Waals surface area contributed by atoms with E-state index in [-0.39, 0.29) is 12.3 Å². The van der Waals surface area contributed by atoms with Crippen LogP contribution in [0.2, 0.25) is 10.0 Å². The first-order valence-electron chi connectivity index (χ1n) is 7.25. The molecule has 5 nitrogen and oxygen atoms in total. The highest BCUT2D eigenvalue weighted by Crippen LogP contribution is 2.30. The molecule has 0 aliphatic rings. The largest absolute Gasteiger partial charge is 0.493 e. The molecule has 2 rings (SSSR count). The lowest BCUT2D eigenvalue weighted by atomic mass is 10.2. The Morgan fingerprint density at radius 3 is 2.33 bits per heavy atom. The lowest BCUT2D eigenvalue weighted by Crippen LogP contribution is -2.16. The predicted molar refractivity (Wildman–Crippen MR) is 97.7 cm³/mol. The molecule has 2 aromatic rings. The molecule has 0 atom stereocenters. The lowest BCUT2D eigenvalue weighted by Gasteiger charge is -2.12. The normalized spacial score (nSPS) is 10.2. The minimum Gasteiger partial charge on any atom is -0.493 e. The maximum absolute atomic E-state index is 12.0. The quantitative estimate of drug-likeness (QED) is 0.757. The van der Waals surface area contributed by atoms with Crippen LogP contribution in [0.4, 0.5) is 11.4 Å². The molecular weight excluding hydrogens is 351 g/mol. The average molecular weight is 369 g/mol. The second-order valence-electron chi connectivity index (χ2n) is 4.89. The summed E-state index contributed by atoms with van der Waals surface area (Å²) < 4.78 is 10.4. The molecule has 128 valence electrons. The Bertz CT molecular complexity index is 703. The number of halogens is 2. The first kappa shape index (κ1) is 18.2. The number of hydrogen-bond acceptors (Lipinski definition) is 4. The number of ether oxygens (including phenoxy) is 2. The molecule has 2 N–H and O–H groups in total. The van der Waals surface area contributed by atoms with E-state index in [1.165, 1.54) is 0 Å². The van der Waals surface area contributed by atoms with Crippen LogP contribution >= 0.6 is 23.2 Å². The van der Waals surface area contributed by atoms with Crippen molar-refractivity contribution in [3.05, 3.63) is 46.4 Å². The molecule has 0 aromatic heterocycles. The zero-order valence-corrected chi connectivity index (χ0v) is 14.9. The Balaban J connectivity index is 1.90. The van der Waals surface area contributed by atoms with Gasteiger partial charge < -0.3 is 20.1 Å². The third-order valence-electron chi connectivity index (χ3n) is 3.28. The van der Waals surface area contributed by atoms with Crippen molar-refractivity contribution in [3.8, 4) is 11.5 Å². The van der Waals surface area contributed by atoms with Crippen LogP contribution in [0.3, 0.4) is 0 Å². The van der Waals surface area contributed by atoms with E-state index in [4.69, 9.17) is 32.7 Å². The van der Waals surface area contributed by atoms with Crippen LogP contribution < -0.4 is 20.1 Å². The van der Waals surface area contributed by atoms with Gasteiger partial charge in [-0.05, 0) is 24.3 Å². The predicted octanol–water partition coefficient (Wildman–Crippen LogP) is 4.45. The van der Waals surface area contributed by atoms with Gasteiger partial charge in [-0.15, -0.1) is 0 Å². The van der Waals surface area contributed by atoms with E-state index in [1.807, 2.05) is 0 Å². The molecule has 2 aromatic carbocycles. The molecule has 0 fully saturated rings. The van der Waals surface area contributed by atoms with Gasteiger partial charge in [0.2, 0.25) is 5.91 Å². The third-order valence-corrected chi connectivity index (χ3v) is 3.91. The van der Waals surface area contributed by atoms with Gasteiger partial charge in [-0.25, -0.2) is 0 Å². The SMILES string of the molecule is COc1ccc(NC(=O)CCNc2c(Cl)cccc2Cl)cc1OC. The number of hydrogen-bond donors (Lipinski definition) is 2. The van der Waals surface area contributed by atoms with Crippen molar-refractivity contribution in [2.24, 2.45) is 0 Å². The van der Waals surface area contributed by atoms with E-state index in [9.17, 15) is 4.79 Å². The Kier molecular flexibility index (Phi) is 6.58. The number of nitrogens with one attached hydrogen (secondary N) is 2. The van der Waals surface area contributed by atoms with Crippen LogP contribution in [0, 0.1) is 0 Å². The number of amides is 1. The summed E-state index contributed by atoms with van der Waals surface area (Å²) >= 11 is 12.1. The molecule has 7 heteroatoms. The minimum absolute atomic E-state index is 0.141. The standard InChI is InChI=1S/C17H18Cl2N2O3/c1-23-14-7-6-11(10-15(14)24-2)21-16(22)8-9-20-17-12(18)4-3-5-13(17)19/h3-7,10,20H,8-9H2,1-2H3,(H,21,22). The highest BCUT2D eigenvalue weighted by atomic mass is 35.5. The van der Waals surface area contributed by atoms with E-state index in [0.29, 0.717) is 39.5 Å². The molecule has 0 radical (unpaired) electrons. The maximum atomic E-state index is 12.0. The molecule has 0 spiro atoms. The van der Waals surface area contributed by atoms with E-state index in [0.717, 1.165) is 0 Å². The molecule has 1 amide bonds. The monoisotopic (exact) mass is 368 g/mol. The summed E-state index contributed by atoms with van der Waals surface area (Å²) in [5.74, 6) is 1.01. The van der Waals surface area contributed by atoms with Crippen molar-refractivity contribution in [2.45, 2.75) is 6.42 Å². The molecule has 0 saturated carbocycles. The van der Waals surface area contributed by atoms with Gasteiger partial charge in [-0.3, -0.25) is 4.79 Å². The van der Waals surface area contributed by atoms with Crippen molar-refractivity contribution in [3.63, 3.8) is 0 Å². The lowest BCUT2D eigenvalue weighted by molar-refractivity contribution is -0.115. The number of para-hydroxylation sites is 1. The fourth-order valence-electron chi connectivity index (χ4n) is 2.11. The van der Waals surface area contributed by atoms with Crippen molar-refractivity contribution < 1.29 is 14.3 Å². The summed E-state index contributed by atoms with van der Waals surface area (Å²) in [6.45, 7) is 0.405. The minimum atomic E-state index is -0.141. The fraction of sp³-hybridized carbons (Fsp3) is 0.235. The molecule has 0 aliphatic heterocycles. The van der Waals surface area contributed by atoms with Gasteiger partial charge in [-0.2, -0.15) is 0 Å². The van der Waals surface area contributed by atoms with Gasteiger partial charge in [0.05, 0.1) is 30.0 Å². The summed E-state index contributed by atoms with van der Waals surface area (Å²) in [5.41, 5.74) is 1.26. The summed E-state index contributed by atoms with van der Waals surface area (Å²) in [6.07, 6.45) is 0.260. The zero-order chi connectivity index (χ0) is 17.5. The molecule has 24 heavy (non-hydrogen) atoms. The van der Waals surface area contributed by atoms with Crippen LogP contribution in [0.25, 0.3) is 0 Å². The Labute approximate surface area is 150 Å². The molecule has 0 aliphatic carbocycles. The van der Waals surface area contributed by atoms with E-state index >= 15 is 0 Å². The Morgan fingerprint density at radius 1 is 1.04 bits per heavy atom. The highest BCUT2D eigenvalue weighted by Gasteiger charge is 2.09. The van der Waals surface area contributed by atoms with Gasteiger partial charge in [-0.1, -0.05) is 29.3 Å². The Morgan fingerprint density at radius 2 is 1.71 bits per heavy atom. The number of anilines is 2. The molecule has 0 unspecified atom stereocenters. The van der Waals surface area contributed by atoms with Crippen LogP contribution in [0.15, 0.2) is 36.4 Å². The highest BCUT2D eigenvalue weighted by molar-refractivity contribution is 6.39. The van der Waals surface area contributed by atoms with Gasteiger partial charge in [0.15, 0.2) is 11.5 Å². The van der Waals surface area contributed by atoms with Crippen molar-refractivity contribution >= 4 is 40.5 Å². The number of benzene rings is 2. The summed E-state index contributed by atoms with van der Waals surface area (Å²) in [4.78, 5) is 12.0. The van der Waals surface area contributed by atoms with Gasteiger partial charge in [0, 0.05) is 24.7 Å². The number of rotatable bonds is 7. The summed E-state index contributed by atoms with van der Waals surface area (Å²) in [7, 11) is 3.10. The topological polar surface area (TPSA) is 59.6 Å². The second kappa shape index (κ2) is 8.66. The average Bonchev–Trinajstić information content (AvgIpc) is 2.57. The van der Waals surface area contributed by atoms with Crippen LogP contribution in [-0.4, -0.2) is 26.7 Å². The van der Waals surface area contributed by atoms with Gasteiger partial charge in [0.1, 0.15) is 0 Å². The van der Waals surface area contributed by atoms with Gasteiger partial charge in [0.25, 0.3) is 0 Å². The van der Waals surface area contributed by atoms with Crippen molar-refractivity contribution in [2.75, 3.05) is 31.4 Å². The first-order valence-corrected chi connectivity index (χ1v) is 8.00. The zero-order valence-electron chi connectivity index (χ0n) is 13.4. The van der Waals surface area contributed by atoms with E-state index < -0.39 is 0 Å². The second-order valence-corrected chi connectivity index (χ2v) is 5.71. The smallest absolute Gasteiger partial charge is 0.226 e. The molecule has 0 heterocycles. The molecule has 0 saturated heterocycles. The molecule has 0 bridgehead atoms. The van der Waals surface area contributed by atoms with Crippen LogP contribution in [0.1, 0.15) is 6.42 Å². The summed E-state index contributed by atoms with van der Waals surface area (Å²) in [5, 5.41) is 6.91. The summed E-state index contributed by atoms with van der Waals surface area (Å²) in [6, 6.07) is 10.4. The first-order chi connectivity index (χ1) is 11.5. The van der Waals surface area contributed by atoms with E-state index in [2.05, 4.69) is 10.6 Å².